The van der Waals surface area contributed by atoms with Gasteiger partial charge in [0.1, 0.15) is 0 Å². The maximum atomic E-state index is 12.4. The van der Waals surface area contributed by atoms with Gasteiger partial charge >= 0.3 is 5.97 Å². The lowest BCUT2D eigenvalue weighted by Crippen LogP contribution is -2.40. The molecule has 2 rings (SSSR count). The highest BCUT2D eigenvalue weighted by atomic mass is 79.9. The molecule has 21 heavy (non-hydrogen) atoms. The molecule has 1 aliphatic rings. The molecule has 8 heteroatoms. The lowest BCUT2D eigenvalue weighted by molar-refractivity contribution is -0.143. The molecule has 1 aromatic carbocycles. The molecule has 0 bridgehead atoms. The van der Waals surface area contributed by atoms with E-state index in [4.69, 9.17) is 5.11 Å². The summed E-state index contributed by atoms with van der Waals surface area (Å²) in [5, 5.41) is 9.06. The zero-order chi connectivity index (χ0) is 15.6. The van der Waals surface area contributed by atoms with Crippen LogP contribution >= 0.6 is 31.9 Å². The largest absolute Gasteiger partial charge is 0.481 e. The van der Waals surface area contributed by atoms with E-state index in [1.807, 2.05) is 0 Å². The van der Waals surface area contributed by atoms with Gasteiger partial charge in [-0.25, -0.2) is 13.1 Å². The molecule has 1 aliphatic carbocycles. The van der Waals surface area contributed by atoms with E-state index in [0.717, 1.165) is 4.47 Å². The zero-order valence-corrected chi connectivity index (χ0v) is 15.0. The maximum absolute atomic E-state index is 12.4. The SMILES string of the molecule is O=C(O)C1CCCC(NS(=O)(=O)c2ccc(Br)cc2Br)C1. The smallest absolute Gasteiger partial charge is 0.306 e. The lowest BCUT2D eigenvalue weighted by Gasteiger charge is -2.27. The van der Waals surface area contributed by atoms with Crippen molar-refractivity contribution in [1.82, 2.24) is 4.72 Å². The molecule has 1 saturated carbocycles. The van der Waals surface area contributed by atoms with Gasteiger partial charge in [-0.2, -0.15) is 0 Å². The molecule has 0 aliphatic heterocycles. The molecule has 2 atom stereocenters. The number of sulfonamides is 1. The van der Waals surface area contributed by atoms with Gasteiger partial charge in [-0.05, 0) is 53.4 Å². The highest BCUT2D eigenvalue weighted by molar-refractivity contribution is 9.11. The number of hydrogen-bond acceptors (Lipinski definition) is 3. The van der Waals surface area contributed by atoms with Crippen LogP contribution in [0.2, 0.25) is 0 Å². The molecule has 1 aromatic rings. The predicted octanol–water partition coefficient (Wildman–Crippen LogP) is 3.13. The monoisotopic (exact) mass is 439 g/mol. The third-order valence-electron chi connectivity index (χ3n) is 3.53. The first-order chi connectivity index (χ1) is 9.79. The number of aliphatic carboxylic acids is 1. The Kier molecular flexibility index (Phi) is 5.45. The van der Waals surface area contributed by atoms with Gasteiger partial charge in [0.2, 0.25) is 10.0 Å². The Hall–Kier alpha value is -0.440. The molecular formula is C13H15Br2NO4S. The number of nitrogens with one attached hydrogen (secondary N) is 1. The number of carbonyl (C=O) groups is 1. The molecule has 116 valence electrons. The molecule has 0 aromatic heterocycles. The van der Waals surface area contributed by atoms with Crippen molar-refractivity contribution in [1.29, 1.82) is 0 Å². The van der Waals surface area contributed by atoms with Gasteiger partial charge in [0.25, 0.3) is 0 Å². The highest BCUT2D eigenvalue weighted by Crippen LogP contribution is 2.29. The predicted molar refractivity (Wildman–Crippen MR) is 85.5 cm³/mol. The summed E-state index contributed by atoms with van der Waals surface area (Å²) in [7, 11) is -3.67. The minimum Gasteiger partial charge on any atom is -0.481 e. The topological polar surface area (TPSA) is 83.5 Å². The van der Waals surface area contributed by atoms with Gasteiger partial charge in [0, 0.05) is 15.0 Å². The second kappa shape index (κ2) is 6.76. The fraction of sp³-hybridized carbons (Fsp3) is 0.462. The van der Waals surface area contributed by atoms with Crippen LogP contribution in [0.25, 0.3) is 0 Å². The Bertz CT molecular complexity index is 648. The van der Waals surface area contributed by atoms with Gasteiger partial charge in [-0.15, -0.1) is 0 Å². The van der Waals surface area contributed by atoms with Gasteiger partial charge < -0.3 is 5.11 Å². The molecule has 0 spiro atoms. The Morgan fingerprint density at radius 3 is 2.62 bits per heavy atom. The van der Waals surface area contributed by atoms with E-state index in [1.54, 1.807) is 12.1 Å². The molecular weight excluding hydrogens is 426 g/mol. The zero-order valence-electron chi connectivity index (χ0n) is 11.1. The summed E-state index contributed by atoms with van der Waals surface area (Å²) in [6.07, 6.45) is 2.32. The van der Waals surface area contributed by atoms with Crippen LogP contribution < -0.4 is 4.72 Å². The summed E-state index contributed by atoms with van der Waals surface area (Å²) in [6, 6.07) is 4.49. The summed E-state index contributed by atoms with van der Waals surface area (Å²) in [5.74, 6) is -1.33. The van der Waals surface area contributed by atoms with Crippen molar-refractivity contribution >= 4 is 47.9 Å². The van der Waals surface area contributed by atoms with E-state index in [1.165, 1.54) is 6.07 Å². The molecule has 5 nitrogen and oxygen atoms in total. The molecule has 2 N–H and O–H groups in total. The fourth-order valence-corrected chi connectivity index (χ4v) is 5.53. The molecule has 0 radical (unpaired) electrons. The van der Waals surface area contributed by atoms with Crippen LogP contribution in [0, 0.1) is 5.92 Å². The van der Waals surface area contributed by atoms with Gasteiger partial charge in [-0.3, -0.25) is 4.79 Å². The van der Waals surface area contributed by atoms with Crippen molar-refractivity contribution in [2.45, 2.75) is 36.6 Å². The number of benzene rings is 1. The molecule has 0 amide bonds. The number of halogens is 2. The van der Waals surface area contributed by atoms with Crippen molar-refractivity contribution in [3.63, 3.8) is 0 Å². The quantitative estimate of drug-likeness (QED) is 0.753. The van der Waals surface area contributed by atoms with E-state index in [0.29, 0.717) is 30.2 Å². The highest BCUT2D eigenvalue weighted by Gasteiger charge is 2.30. The Morgan fingerprint density at radius 2 is 2.00 bits per heavy atom. The second-order valence-corrected chi connectivity index (χ2v) is 8.55. The minimum atomic E-state index is -3.67. The van der Waals surface area contributed by atoms with Crippen LogP contribution in [-0.4, -0.2) is 25.5 Å². The van der Waals surface area contributed by atoms with E-state index in [-0.39, 0.29) is 10.9 Å². The van der Waals surface area contributed by atoms with E-state index >= 15 is 0 Å². The average molecular weight is 441 g/mol. The van der Waals surface area contributed by atoms with Crippen LogP contribution in [0.5, 0.6) is 0 Å². The summed E-state index contributed by atoms with van der Waals surface area (Å²) in [6.45, 7) is 0. The summed E-state index contributed by atoms with van der Waals surface area (Å²) in [4.78, 5) is 11.2. The first kappa shape index (κ1) is 16.9. The average Bonchev–Trinajstić information content (AvgIpc) is 2.37. The van der Waals surface area contributed by atoms with Gasteiger partial charge in [0.05, 0.1) is 10.8 Å². The van der Waals surface area contributed by atoms with Crippen LogP contribution in [0.15, 0.2) is 32.0 Å². The summed E-state index contributed by atoms with van der Waals surface area (Å²) < 4.78 is 28.7. The third-order valence-corrected chi connectivity index (χ3v) is 6.52. The lowest BCUT2D eigenvalue weighted by atomic mass is 9.86. The van der Waals surface area contributed by atoms with Crippen molar-refractivity contribution < 1.29 is 18.3 Å². The second-order valence-electron chi connectivity index (χ2n) is 5.09. The third kappa shape index (κ3) is 4.28. The van der Waals surface area contributed by atoms with Crippen LogP contribution in [0.3, 0.4) is 0 Å². The molecule has 0 heterocycles. The van der Waals surface area contributed by atoms with E-state index < -0.39 is 21.9 Å². The van der Waals surface area contributed by atoms with Crippen molar-refractivity contribution in [3.8, 4) is 0 Å². The van der Waals surface area contributed by atoms with Gasteiger partial charge in [0.15, 0.2) is 0 Å². The van der Waals surface area contributed by atoms with E-state index in [2.05, 4.69) is 36.6 Å². The Balaban J connectivity index is 2.15. The molecule has 2 unspecified atom stereocenters. The Morgan fingerprint density at radius 1 is 1.29 bits per heavy atom. The first-order valence-electron chi connectivity index (χ1n) is 6.50. The van der Waals surface area contributed by atoms with Crippen LogP contribution in [-0.2, 0) is 14.8 Å². The molecule has 1 fully saturated rings. The van der Waals surface area contributed by atoms with Crippen molar-refractivity contribution in [2.24, 2.45) is 5.92 Å². The number of carboxylic acids is 1. The van der Waals surface area contributed by atoms with Crippen molar-refractivity contribution in [3.05, 3.63) is 27.1 Å². The van der Waals surface area contributed by atoms with Gasteiger partial charge in [-0.1, -0.05) is 22.4 Å². The number of carboxylic acid groups (broad SMARTS) is 1. The Labute approximate surface area is 140 Å². The summed E-state index contributed by atoms with van der Waals surface area (Å²) >= 11 is 6.51. The van der Waals surface area contributed by atoms with E-state index in [9.17, 15) is 13.2 Å². The minimum absolute atomic E-state index is 0.156. The normalized spacial score (nSPS) is 23.0. The van der Waals surface area contributed by atoms with Crippen LogP contribution in [0.1, 0.15) is 25.7 Å². The first-order valence-corrected chi connectivity index (χ1v) is 9.56. The standard InChI is InChI=1S/C13H15Br2NO4S/c14-9-4-5-12(11(15)7-9)21(19,20)16-10-3-1-2-8(6-10)13(17)18/h4-5,7-8,10,16H,1-3,6H2,(H,17,18). The molecule has 0 saturated heterocycles. The number of rotatable bonds is 4. The van der Waals surface area contributed by atoms with Crippen molar-refractivity contribution in [2.75, 3.05) is 0 Å². The number of hydrogen-bond donors (Lipinski definition) is 2. The fourth-order valence-electron chi connectivity index (χ4n) is 2.50. The maximum Gasteiger partial charge on any atom is 0.306 e. The van der Waals surface area contributed by atoms with Crippen LogP contribution in [0.4, 0.5) is 0 Å². The summed E-state index contributed by atoms with van der Waals surface area (Å²) in [5.41, 5.74) is 0.